The lowest BCUT2D eigenvalue weighted by Crippen LogP contribution is -2.35. The van der Waals surface area contributed by atoms with Gasteiger partial charge in [0.2, 0.25) is 0 Å². The zero-order valence-electron chi connectivity index (χ0n) is 16.3. The van der Waals surface area contributed by atoms with Gasteiger partial charge in [-0.25, -0.2) is 0 Å². The summed E-state index contributed by atoms with van der Waals surface area (Å²) in [6.45, 7) is 0. The van der Waals surface area contributed by atoms with Crippen LogP contribution < -0.4 is 5.32 Å². The van der Waals surface area contributed by atoms with Crippen LogP contribution in [0.25, 0.3) is 21.5 Å². The molecule has 4 aromatic carbocycles. The number of benzene rings is 4. The van der Waals surface area contributed by atoms with Crippen LogP contribution in [-0.4, -0.2) is 6.04 Å². The molecule has 0 bridgehead atoms. The van der Waals surface area contributed by atoms with Crippen LogP contribution in [0.1, 0.15) is 49.3 Å². The first kappa shape index (κ1) is 17.5. The fourth-order valence-electron chi connectivity index (χ4n) is 4.86. The Bertz CT molecular complexity index is 1000. The largest absolute Gasteiger partial charge is 0.303 e. The van der Waals surface area contributed by atoms with Gasteiger partial charge in [0.05, 0.1) is 6.04 Å². The monoisotopic (exact) mass is 365 g/mol. The third-order valence-corrected chi connectivity index (χ3v) is 6.28. The first-order chi connectivity index (χ1) is 13.9. The van der Waals surface area contributed by atoms with Crippen LogP contribution >= 0.6 is 0 Å². The van der Waals surface area contributed by atoms with Crippen molar-refractivity contribution in [2.75, 3.05) is 0 Å². The standard InChI is InChI=1S/C27H27N/c1-2-14-22(15-3-1)28-27(25-18-8-12-20-10-4-6-16-23(20)25)26-19-9-13-21-11-5-7-17-24(21)26/h4-13,16-19,22,27-28H,1-3,14-15H2. The zero-order chi connectivity index (χ0) is 18.8. The molecular formula is C27H27N. The Balaban J connectivity index is 1.68. The Morgan fingerprint density at radius 1 is 0.571 bits per heavy atom. The molecule has 0 saturated heterocycles. The predicted octanol–water partition coefficient (Wildman–Crippen LogP) is 7.00. The molecule has 1 fully saturated rings. The van der Waals surface area contributed by atoms with Gasteiger partial charge in [0, 0.05) is 6.04 Å². The van der Waals surface area contributed by atoms with Gasteiger partial charge in [0.25, 0.3) is 0 Å². The number of fused-ring (bicyclic) bond motifs is 2. The molecule has 5 rings (SSSR count). The van der Waals surface area contributed by atoms with Gasteiger partial charge in [0.15, 0.2) is 0 Å². The highest BCUT2D eigenvalue weighted by Gasteiger charge is 2.23. The lowest BCUT2D eigenvalue weighted by atomic mass is 9.88. The fraction of sp³-hybridized carbons (Fsp3) is 0.259. The Morgan fingerprint density at radius 3 is 1.64 bits per heavy atom. The van der Waals surface area contributed by atoms with Crippen molar-refractivity contribution in [1.82, 2.24) is 5.32 Å². The molecule has 4 aromatic rings. The minimum atomic E-state index is 0.209. The summed E-state index contributed by atoms with van der Waals surface area (Å²) in [5.41, 5.74) is 2.78. The number of rotatable bonds is 4. The molecule has 1 N–H and O–H groups in total. The summed E-state index contributed by atoms with van der Waals surface area (Å²) in [5.74, 6) is 0. The lowest BCUT2D eigenvalue weighted by molar-refractivity contribution is 0.355. The van der Waals surface area contributed by atoms with Crippen molar-refractivity contribution in [2.45, 2.75) is 44.2 Å². The normalized spacial score (nSPS) is 15.5. The minimum absolute atomic E-state index is 0.209. The average molecular weight is 366 g/mol. The van der Waals surface area contributed by atoms with Crippen LogP contribution in [0.2, 0.25) is 0 Å². The minimum Gasteiger partial charge on any atom is -0.303 e. The molecule has 1 nitrogen and oxygen atoms in total. The predicted molar refractivity (Wildman–Crippen MR) is 120 cm³/mol. The molecule has 0 aromatic heterocycles. The lowest BCUT2D eigenvalue weighted by Gasteiger charge is -2.30. The van der Waals surface area contributed by atoms with E-state index in [1.165, 1.54) is 64.8 Å². The highest BCUT2D eigenvalue weighted by molar-refractivity contribution is 5.90. The molecule has 0 heterocycles. The quantitative estimate of drug-likeness (QED) is 0.410. The Morgan fingerprint density at radius 2 is 1.07 bits per heavy atom. The summed E-state index contributed by atoms with van der Waals surface area (Å²) < 4.78 is 0. The van der Waals surface area contributed by atoms with Gasteiger partial charge in [-0.1, -0.05) is 104 Å². The summed E-state index contributed by atoms with van der Waals surface area (Å²) in [6, 6.07) is 31.8. The van der Waals surface area contributed by atoms with Crippen molar-refractivity contribution in [3.05, 3.63) is 96.1 Å². The molecule has 140 valence electrons. The van der Waals surface area contributed by atoms with E-state index in [1.807, 2.05) is 0 Å². The van der Waals surface area contributed by atoms with E-state index in [4.69, 9.17) is 0 Å². The number of nitrogens with one attached hydrogen (secondary N) is 1. The molecule has 1 heteroatoms. The van der Waals surface area contributed by atoms with Crippen LogP contribution in [-0.2, 0) is 0 Å². The molecule has 0 radical (unpaired) electrons. The molecule has 1 aliphatic carbocycles. The van der Waals surface area contributed by atoms with E-state index in [0.29, 0.717) is 6.04 Å². The molecule has 0 aliphatic heterocycles. The highest BCUT2D eigenvalue weighted by Crippen LogP contribution is 2.34. The van der Waals surface area contributed by atoms with E-state index in [-0.39, 0.29) is 6.04 Å². The fourth-order valence-corrected chi connectivity index (χ4v) is 4.86. The molecular weight excluding hydrogens is 338 g/mol. The third-order valence-electron chi connectivity index (χ3n) is 6.28. The summed E-state index contributed by atoms with van der Waals surface area (Å²) in [6.07, 6.45) is 6.63. The highest BCUT2D eigenvalue weighted by atomic mass is 15.0. The van der Waals surface area contributed by atoms with E-state index in [9.17, 15) is 0 Å². The maximum absolute atomic E-state index is 4.07. The van der Waals surface area contributed by atoms with Crippen molar-refractivity contribution in [1.29, 1.82) is 0 Å². The van der Waals surface area contributed by atoms with Crippen molar-refractivity contribution in [3.63, 3.8) is 0 Å². The Kier molecular flexibility index (Phi) is 4.85. The molecule has 0 unspecified atom stereocenters. The van der Waals surface area contributed by atoms with Crippen LogP contribution in [0.5, 0.6) is 0 Å². The summed E-state index contributed by atoms with van der Waals surface area (Å²) in [7, 11) is 0. The van der Waals surface area contributed by atoms with Crippen LogP contribution in [0.4, 0.5) is 0 Å². The number of hydrogen-bond acceptors (Lipinski definition) is 1. The second-order valence-electron chi connectivity index (χ2n) is 8.07. The maximum Gasteiger partial charge on any atom is 0.0591 e. The maximum atomic E-state index is 4.07. The zero-order valence-corrected chi connectivity index (χ0v) is 16.3. The summed E-state index contributed by atoms with van der Waals surface area (Å²) in [4.78, 5) is 0. The van der Waals surface area contributed by atoms with Gasteiger partial charge < -0.3 is 5.32 Å². The van der Waals surface area contributed by atoms with Crippen molar-refractivity contribution in [3.8, 4) is 0 Å². The number of hydrogen-bond donors (Lipinski definition) is 1. The second-order valence-corrected chi connectivity index (χ2v) is 8.07. The Hall–Kier alpha value is -2.64. The van der Waals surface area contributed by atoms with E-state index in [1.54, 1.807) is 0 Å². The molecule has 28 heavy (non-hydrogen) atoms. The molecule has 0 spiro atoms. The topological polar surface area (TPSA) is 12.0 Å². The van der Waals surface area contributed by atoms with E-state index in [0.717, 1.165) is 0 Å². The third kappa shape index (κ3) is 3.31. The summed E-state index contributed by atoms with van der Waals surface area (Å²) >= 11 is 0. The van der Waals surface area contributed by atoms with Crippen molar-refractivity contribution >= 4 is 21.5 Å². The summed E-state index contributed by atoms with van der Waals surface area (Å²) in [5, 5.41) is 9.41. The van der Waals surface area contributed by atoms with Crippen molar-refractivity contribution in [2.24, 2.45) is 0 Å². The van der Waals surface area contributed by atoms with E-state index < -0.39 is 0 Å². The van der Waals surface area contributed by atoms with Crippen molar-refractivity contribution < 1.29 is 0 Å². The van der Waals surface area contributed by atoms with Gasteiger partial charge in [-0.3, -0.25) is 0 Å². The van der Waals surface area contributed by atoms with Crippen LogP contribution in [0.3, 0.4) is 0 Å². The molecule has 0 atom stereocenters. The van der Waals surface area contributed by atoms with Crippen LogP contribution in [0.15, 0.2) is 84.9 Å². The first-order valence-electron chi connectivity index (χ1n) is 10.6. The molecule has 0 amide bonds. The Labute approximate surface area is 167 Å². The second kappa shape index (κ2) is 7.77. The van der Waals surface area contributed by atoms with Gasteiger partial charge in [-0.2, -0.15) is 0 Å². The van der Waals surface area contributed by atoms with Gasteiger partial charge in [-0.15, -0.1) is 0 Å². The van der Waals surface area contributed by atoms with Gasteiger partial charge in [-0.05, 0) is 45.5 Å². The average Bonchev–Trinajstić information content (AvgIpc) is 2.78. The first-order valence-corrected chi connectivity index (χ1v) is 10.6. The van der Waals surface area contributed by atoms with Gasteiger partial charge in [0.1, 0.15) is 0 Å². The SMILES string of the molecule is c1ccc2c(C(NC3CCCCC3)c3cccc4ccccc34)cccc2c1. The van der Waals surface area contributed by atoms with E-state index in [2.05, 4.69) is 90.2 Å². The van der Waals surface area contributed by atoms with E-state index >= 15 is 0 Å². The smallest absolute Gasteiger partial charge is 0.0591 e. The van der Waals surface area contributed by atoms with Gasteiger partial charge >= 0.3 is 0 Å². The molecule has 1 aliphatic rings. The molecule has 1 saturated carbocycles. The van der Waals surface area contributed by atoms with Crippen LogP contribution in [0, 0.1) is 0 Å².